The molecule has 0 aliphatic carbocycles. The third kappa shape index (κ3) is 4.13. The van der Waals surface area contributed by atoms with E-state index in [1.165, 1.54) is 6.08 Å². The molecule has 0 spiro atoms. The molecule has 2 rings (SSSR count). The van der Waals surface area contributed by atoms with Crippen molar-refractivity contribution in [3.63, 3.8) is 0 Å². The lowest BCUT2D eigenvalue weighted by atomic mass is 10.1. The van der Waals surface area contributed by atoms with Gasteiger partial charge in [0.15, 0.2) is 11.5 Å². The van der Waals surface area contributed by atoms with Gasteiger partial charge in [0.05, 0.1) is 14.2 Å². The van der Waals surface area contributed by atoms with Crippen molar-refractivity contribution in [1.29, 1.82) is 0 Å². The summed E-state index contributed by atoms with van der Waals surface area (Å²) in [6, 6.07) is 11.2. The van der Waals surface area contributed by atoms with E-state index in [4.69, 9.17) is 14.2 Å². The van der Waals surface area contributed by atoms with E-state index < -0.39 is 5.97 Å². The number of hydrogen-bond acceptors (Lipinski definition) is 4. The van der Waals surface area contributed by atoms with Gasteiger partial charge in [0, 0.05) is 6.08 Å². The Morgan fingerprint density at radius 2 is 1.61 bits per heavy atom. The summed E-state index contributed by atoms with van der Waals surface area (Å²) in [7, 11) is 3.15. The summed E-state index contributed by atoms with van der Waals surface area (Å²) < 4.78 is 15.8. The molecule has 0 saturated carbocycles. The molecule has 0 heterocycles. The Bertz CT molecular complexity index is 712. The van der Waals surface area contributed by atoms with Crippen molar-refractivity contribution in [1.82, 2.24) is 0 Å². The van der Waals surface area contributed by atoms with Gasteiger partial charge in [0.1, 0.15) is 5.75 Å². The zero-order valence-electron chi connectivity index (χ0n) is 13.8. The number of ether oxygens (including phenoxy) is 3. The van der Waals surface area contributed by atoms with Gasteiger partial charge < -0.3 is 14.2 Å². The highest BCUT2D eigenvalue weighted by molar-refractivity contribution is 5.89. The second-order valence-electron chi connectivity index (χ2n) is 5.09. The van der Waals surface area contributed by atoms with Crippen LogP contribution in [0.15, 0.2) is 42.5 Å². The van der Waals surface area contributed by atoms with E-state index in [9.17, 15) is 4.79 Å². The highest BCUT2D eigenvalue weighted by Gasteiger charge is 2.07. The second kappa shape index (κ2) is 7.49. The molecule has 0 aromatic heterocycles. The van der Waals surface area contributed by atoms with E-state index in [1.807, 2.05) is 38.1 Å². The van der Waals surface area contributed by atoms with E-state index >= 15 is 0 Å². The number of carbonyl (C=O) groups is 1. The predicted octanol–water partition coefficient (Wildman–Crippen LogP) is 3.94. The van der Waals surface area contributed by atoms with Crippen LogP contribution in [0.1, 0.15) is 16.7 Å². The standard InChI is InChI=1S/C19H20O4/c1-13-6-5-7-14(2)19(13)23-18(20)11-9-15-8-10-16(21-3)17(12-15)22-4/h5-12H,1-4H3/b11-9+. The minimum atomic E-state index is -0.419. The molecular formula is C19H20O4. The van der Waals surface area contributed by atoms with Gasteiger partial charge in [-0.05, 0) is 48.7 Å². The van der Waals surface area contributed by atoms with Crippen LogP contribution in [0.25, 0.3) is 6.08 Å². The molecule has 0 saturated heterocycles. The van der Waals surface area contributed by atoms with Gasteiger partial charge in [-0.15, -0.1) is 0 Å². The number of hydrogen-bond donors (Lipinski definition) is 0. The van der Waals surface area contributed by atoms with Gasteiger partial charge in [-0.2, -0.15) is 0 Å². The van der Waals surface area contributed by atoms with Crippen LogP contribution in [0, 0.1) is 13.8 Å². The second-order valence-corrected chi connectivity index (χ2v) is 5.09. The van der Waals surface area contributed by atoms with Gasteiger partial charge in [0.2, 0.25) is 0 Å². The molecule has 23 heavy (non-hydrogen) atoms. The third-order valence-corrected chi connectivity index (χ3v) is 3.43. The average Bonchev–Trinajstić information content (AvgIpc) is 2.56. The monoisotopic (exact) mass is 312 g/mol. The molecule has 0 radical (unpaired) electrons. The Kier molecular flexibility index (Phi) is 5.41. The molecule has 0 atom stereocenters. The summed E-state index contributed by atoms with van der Waals surface area (Å²) in [6.07, 6.45) is 3.07. The minimum absolute atomic E-state index is 0.419. The van der Waals surface area contributed by atoms with Gasteiger partial charge in [0.25, 0.3) is 0 Å². The zero-order chi connectivity index (χ0) is 16.8. The van der Waals surface area contributed by atoms with Crippen LogP contribution in [0.3, 0.4) is 0 Å². The Balaban J connectivity index is 2.12. The van der Waals surface area contributed by atoms with E-state index in [-0.39, 0.29) is 0 Å². The number of rotatable bonds is 5. The fourth-order valence-corrected chi connectivity index (χ4v) is 2.22. The van der Waals surface area contributed by atoms with Gasteiger partial charge >= 0.3 is 5.97 Å². The molecule has 0 N–H and O–H groups in total. The molecule has 4 nitrogen and oxygen atoms in total. The van der Waals surface area contributed by atoms with Crippen LogP contribution in [0.5, 0.6) is 17.2 Å². The first kappa shape index (κ1) is 16.6. The molecule has 0 amide bonds. The first-order chi connectivity index (χ1) is 11.0. The maximum absolute atomic E-state index is 12.0. The van der Waals surface area contributed by atoms with Gasteiger partial charge in [-0.1, -0.05) is 24.3 Å². The van der Waals surface area contributed by atoms with Crippen LogP contribution in [-0.2, 0) is 4.79 Å². The summed E-state index contributed by atoms with van der Waals surface area (Å²) >= 11 is 0. The van der Waals surface area contributed by atoms with Crippen LogP contribution in [0.4, 0.5) is 0 Å². The fourth-order valence-electron chi connectivity index (χ4n) is 2.22. The first-order valence-electron chi connectivity index (χ1n) is 7.23. The molecule has 0 bridgehead atoms. The number of esters is 1. The zero-order valence-corrected chi connectivity index (χ0v) is 13.8. The number of aryl methyl sites for hydroxylation is 2. The van der Waals surface area contributed by atoms with Crippen molar-refractivity contribution in [3.8, 4) is 17.2 Å². The summed E-state index contributed by atoms with van der Waals surface area (Å²) in [4.78, 5) is 12.0. The molecular weight excluding hydrogens is 292 g/mol. The summed E-state index contributed by atoms with van der Waals surface area (Å²) in [5, 5.41) is 0. The number of benzene rings is 2. The number of methoxy groups -OCH3 is 2. The topological polar surface area (TPSA) is 44.8 Å². The number of carbonyl (C=O) groups excluding carboxylic acids is 1. The average molecular weight is 312 g/mol. The lowest BCUT2D eigenvalue weighted by molar-refractivity contribution is -0.129. The van der Waals surface area contributed by atoms with Crippen molar-refractivity contribution in [2.75, 3.05) is 14.2 Å². The molecule has 120 valence electrons. The smallest absolute Gasteiger partial charge is 0.336 e. The fraction of sp³-hybridized carbons (Fsp3) is 0.211. The largest absolute Gasteiger partial charge is 0.493 e. The Hall–Kier alpha value is -2.75. The Morgan fingerprint density at radius 3 is 2.22 bits per heavy atom. The van der Waals surface area contributed by atoms with Crippen molar-refractivity contribution in [2.24, 2.45) is 0 Å². The van der Waals surface area contributed by atoms with Crippen molar-refractivity contribution in [2.45, 2.75) is 13.8 Å². The maximum Gasteiger partial charge on any atom is 0.336 e. The molecule has 0 unspecified atom stereocenters. The number of para-hydroxylation sites is 1. The molecule has 2 aromatic rings. The maximum atomic E-state index is 12.0. The summed E-state index contributed by atoms with van der Waals surface area (Å²) in [5.74, 6) is 1.44. The molecule has 2 aromatic carbocycles. The van der Waals surface area contributed by atoms with Gasteiger partial charge in [-0.3, -0.25) is 0 Å². The van der Waals surface area contributed by atoms with E-state index in [0.717, 1.165) is 16.7 Å². The van der Waals surface area contributed by atoms with E-state index in [2.05, 4.69) is 0 Å². The Morgan fingerprint density at radius 1 is 0.957 bits per heavy atom. The lowest BCUT2D eigenvalue weighted by Gasteiger charge is -2.09. The lowest BCUT2D eigenvalue weighted by Crippen LogP contribution is -2.06. The van der Waals surface area contributed by atoms with Crippen LogP contribution in [0.2, 0.25) is 0 Å². The Labute approximate surface area is 136 Å². The highest BCUT2D eigenvalue weighted by atomic mass is 16.5. The quantitative estimate of drug-likeness (QED) is 0.476. The summed E-state index contributed by atoms with van der Waals surface area (Å²) in [6.45, 7) is 3.82. The molecule has 4 heteroatoms. The normalized spacial score (nSPS) is 10.6. The molecule has 0 aliphatic heterocycles. The highest BCUT2D eigenvalue weighted by Crippen LogP contribution is 2.28. The van der Waals surface area contributed by atoms with Crippen LogP contribution in [-0.4, -0.2) is 20.2 Å². The van der Waals surface area contributed by atoms with E-state index in [1.54, 1.807) is 32.4 Å². The summed E-state index contributed by atoms with van der Waals surface area (Å²) in [5.41, 5.74) is 2.68. The third-order valence-electron chi connectivity index (χ3n) is 3.43. The van der Waals surface area contributed by atoms with Crippen molar-refractivity contribution < 1.29 is 19.0 Å². The van der Waals surface area contributed by atoms with Gasteiger partial charge in [-0.25, -0.2) is 4.79 Å². The SMILES string of the molecule is COc1ccc(/C=C/C(=O)Oc2c(C)cccc2C)cc1OC. The predicted molar refractivity (Wildman–Crippen MR) is 90.1 cm³/mol. The van der Waals surface area contributed by atoms with Crippen LogP contribution >= 0.6 is 0 Å². The van der Waals surface area contributed by atoms with Crippen LogP contribution < -0.4 is 14.2 Å². The van der Waals surface area contributed by atoms with E-state index in [0.29, 0.717) is 17.2 Å². The molecule has 0 aliphatic rings. The first-order valence-corrected chi connectivity index (χ1v) is 7.23. The molecule has 0 fully saturated rings. The minimum Gasteiger partial charge on any atom is -0.493 e. The van der Waals surface area contributed by atoms with Crippen molar-refractivity contribution in [3.05, 3.63) is 59.2 Å². The van der Waals surface area contributed by atoms with Crippen molar-refractivity contribution >= 4 is 12.0 Å².